The van der Waals surface area contributed by atoms with Crippen LogP contribution in [0.5, 0.6) is 0 Å². The first-order valence-electron chi connectivity index (χ1n) is 7.91. The molecule has 1 saturated heterocycles. The summed E-state index contributed by atoms with van der Waals surface area (Å²) < 4.78 is 4.69. The van der Waals surface area contributed by atoms with Crippen LogP contribution >= 0.6 is 11.3 Å². The van der Waals surface area contributed by atoms with Gasteiger partial charge in [-0.2, -0.15) is 0 Å². The zero-order chi connectivity index (χ0) is 16.9. The van der Waals surface area contributed by atoms with Crippen molar-refractivity contribution in [3.05, 3.63) is 57.8 Å². The van der Waals surface area contributed by atoms with E-state index >= 15 is 0 Å². The molecule has 3 rings (SSSR count). The minimum Gasteiger partial charge on any atom is -0.465 e. The zero-order valence-corrected chi connectivity index (χ0v) is 14.4. The Kier molecular flexibility index (Phi) is 5.27. The van der Waals surface area contributed by atoms with Gasteiger partial charge in [0.05, 0.1) is 12.0 Å². The van der Waals surface area contributed by atoms with E-state index in [1.165, 1.54) is 24.0 Å². The number of nitrogens with zero attached hydrogens (tertiary/aromatic N) is 2. The first-order valence-corrected chi connectivity index (χ1v) is 8.73. The van der Waals surface area contributed by atoms with Crippen LogP contribution in [0.3, 0.4) is 0 Å². The molecule has 2 aromatic rings. The number of ether oxygens (including phenoxy) is 1. The third kappa shape index (κ3) is 3.83. The Morgan fingerprint density at radius 1 is 1.00 bits per heavy atom. The maximum atomic E-state index is 12.6. The fraction of sp³-hybridized carbons (Fsp3) is 0.333. The molecule has 1 amide bonds. The lowest BCUT2D eigenvalue weighted by atomic mass is 10.2. The van der Waals surface area contributed by atoms with Crippen LogP contribution in [0.4, 0.5) is 0 Å². The third-order valence-corrected chi connectivity index (χ3v) is 5.17. The van der Waals surface area contributed by atoms with Crippen LogP contribution in [-0.4, -0.2) is 55.0 Å². The average Bonchev–Trinajstić information content (AvgIpc) is 3.12. The summed E-state index contributed by atoms with van der Waals surface area (Å²) >= 11 is 1.19. The van der Waals surface area contributed by atoms with Crippen LogP contribution < -0.4 is 0 Å². The highest BCUT2D eigenvalue weighted by Crippen LogP contribution is 2.20. The molecule has 5 nitrogen and oxygen atoms in total. The van der Waals surface area contributed by atoms with E-state index in [1.54, 1.807) is 12.1 Å². The Morgan fingerprint density at radius 2 is 1.67 bits per heavy atom. The van der Waals surface area contributed by atoms with Gasteiger partial charge in [0.1, 0.15) is 4.88 Å². The lowest BCUT2D eigenvalue weighted by molar-refractivity contribution is 0.0605. The van der Waals surface area contributed by atoms with Crippen molar-refractivity contribution in [2.45, 2.75) is 6.54 Å². The maximum Gasteiger partial charge on any atom is 0.348 e. The molecule has 0 atom stereocenters. The summed E-state index contributed by atoms with van der Waals surface area (Å²) in [7, 11) is 1.34. The second kappa shape index (κ2) is 7.59. The van der Waals surface area contributed by atoms with E-state index in [0.717, 1.165) is 19.6 Å². The molecule has 0 bridgehead atoms. The number of carbonyl (C=O) groups is 2. The Hall–Kier alpha value is -2.18. The van der Waals surface area contributed by atoms with E-state index in [9.17, 15) is 9.59 Å². The van der Waals surface area contributed by atoms with Crippen molar-refractivity contribution < 1.29 is 14.3 Å². The van der Waals surface area contributed by atoms with Crippen molar-refractivity contribution in [1.82, 2.24) is 9.80 Å². The van der Waals surface area contributed by atoms with E-state index in [4.69, 9.17) is 0 Å². The molecular weight excluding hydrogens is 324 g/mol. The summed E-state index contributed by atoms with van der Waals surface area (Å²) in [6.45, 7) is 4.04. The Bertz CT molecular complexity index is 706. The van der Waals surface area contributed by atoms with Gasteiger partial charge >= 0.3 is 5.97 Å². The molecule has 0 saturated carbocycles. The third-order valence-electron chi connectivity index (χ3n) is 4.11. The molecule has 1 aliphatic heterocycles. The molecule has 1 aliphatic rings. The number of hydrogen-bond donors (Lipinski definition) is 0. The summed E-state index contributed by atoms with van der Waals surface area (Å²) in [5, 5.41) is 0. The number of benzene rings is 1. The molecule has 0 spiro atoms. The quantitative estimate of drug-likeness (QED) is 0.800. The Balaban J connectivity index is 1.55. The number of thiophene rings is 1. The first kappa shape index (κ1) is 16.7. The van der Waals surface area contributed by atoms with Gasteiger partial charge in [0.15, 0.2) is 0 Å². The van der Waals surface area contributed by atoms with Crippen molar-refractivity contribution in [2.24, 2.45) is 0 Å². The number of rotatable bonds is 4. The molecule has 0 unspecified atom stereocenters. The standard InChI is InChI=1S/C18H20N2O3S/c1-23-18(22)16-8-7-15(24-16)17(21)20-11-9-19(10-12-20)13-14-5-3-2-4-6-14/h2-8H,9-13H2,1H3. The summed E-state index contributed by atoms with van der Waals surface area (Å²) in [4.78, 5) is 29.3. The van der Waals surface area contributed by atoms with Gasteiger partial charge in [0.2, 0.25) is 0 Å². The van der Waals surface area contributed by atoms with Crippen molar-refractivity contribution in [3.8, 4) is 0 Å². The molecule has 0 aliphatic carbocycles. The maximum absolute atomic E-state index is 12.6. The fourth-order valence-electron chi connectivity index (χ4n) is 2.77. The number of carbonyl (C=O) groups excluding carboxylic acids is 2. The SMILES string of the molecule is COC(=O)c1ccc(C(=O)N2CCN(Cc3ccccc3)CC2)s1. The van der Waals surface area contributed by atoms with Gasteiger partial charge in [-0.25, -0.2) is 4.79 Å². The normalized spacial score (nSPS) is 15.3. The second-order valence-electron chi connectivity index (χ2n) is 5.71. The number of amides is 1. The molecular formula is C18H20N2O3S. The van der Waals surface area contributed by atoms with Crippen LogP contribution in [0.1, 0.15) is 24.9 Å². The van der Waals surface area contributed by atoms with E-state index in [-0.39, 0.29) is 5.91 Å². The lowest BCUT2D eigenvalue weighted by Gasteiger charge is -2.34. The minimum atomic E-state index is -0.397. The molecule has 1 aromatic carbocycles. The topological polar surface area (TPSA) is 49.9 Å². The number of piperazine rings is 1. The summed E-state index contributed by atoms with van der Waals surface area (Å²) in [6.07, 6.45) is 0. The van der Waals surface area contributed by atoms with E-state index in [1.807, 2.05) is 23.1 Å². The number of methoxy groups -OCH3 is 1. The molecule has 24 heavy (non-hydrogen) atoms. The van der Waals surface area contributed by atoms with Gasteiger partial charge in [-0.15, -0.1) is 11.3 Å². The van der Waals surface area contributed by atoms with E-state index < -0.39 is 5.97 Å². The average molecular weight is 344 g/mol. The molecule has 0 radical (unpaired) electrons. The molecule has 1 fully saturated rings. The molecule has 2 heterocycles. The fourth-order valence-corrected chi connectivity index (χ4v) is 3.66. The van der Waals surface area contributed by atoms with Gasteiger partial charge in [-0.3, -0.25) is 9.69 Å². The van der Waals surface area contributed by atoms with Crippen LogP contribution in [-0.2, 0) is 11.3 Å². The predicted octanol–water partition coefficient (Wildman–Crippen LogP) is 2.49. The summed E-state index contributed by atoms with van der Waals surface area (Å²) in [6, 6.07) is 13.7. The molecule has 6 heteroatoms. The number of esters is 1. The lowest BCUT2D eigenvalue weighted by Crippen LogP contribution is -2.48. The van der Waals surface area contributed by atoms with Crippen LogP contribution in [0.25, 0.3) is 0 Å². The van der Waals surface area contributed by atoms with Crippen molar-refractivity contribution >= 4 is 23.2 Å². The van der Waals surface area contributed by atoms with Crippen LogP contribution in [0, 0.1) is 0 Å². The molecule has 1 aromatic heterocycles. The Morgan fingerprint density at radius 3 is 2.33 bits per heavy atom. The Labute approximate surface area is 145 Å². The van der Waals surface area contributed by atoms with Crippen LogP contribution in [0.2, 0.25) is 0 Å². The highest BCUT2D eigenvalue weighted by atomic mass is 32.1. The monoisotopic (exact) mass is 344 g/mol. The largest absolute Gasteiger partial charge is 0.465 e. The number of hydrogen-bond acceptors (Lipinski definition) is 5. The summed E-state index contributed by atoms with van der Waals surface area (Å²) in [5.41, 5.74) is 1.29. The highest BCUT2D eigenvalue weighted by Gasteiger charge is 2.24. The van der Waals surface area contributed by atoms with Gasteiger partial charge in [-0.05, 0) is 17.7 Å². The first-order chi connectivity index (χ1) is 11.7. The summed E-state index contributed by atoms with van der Waals surface area (Å²) in [5.74, 6) is -0.402. The van der Waals surface area contributed by atoms with Gasteiger partial charge in [0, 0.05) is 32.7 Å². The van der Waals surface area contributed by atoms with E-state index in [0.29, 0.717) is 22.8 Å². The highest BCUT2D eigenvalue weighted by molar-refractivity contribution is 7.15. The molecule has 0 N–H and O–H groups in total. The minimum absolute atomic E-state index is 0.00508. The van der Waals surface area contributed by atoms with Crippen molar-refractivity contribution in [1.29, 1.82) is 0 Å². The zero-order valence-electron chi connectivity index (χ0n) is 13.6. The van der Waals surface area contributed by atoms with Crippen molar-refractivity contribution in [3.63, 3.8) is 0 Å². The van der Waals surface area contributed by atoms with E-state index in [2.05, 4.69) is 21.8 Å². The van der Waals surface area contributed by atoms with Gasteiger partial charge in [-0.1, -0.05) is 30.3 Å². The van der Waals surface area contributed by atoms with Gasteiger partial charge < -0.3 is 9.64 Å². The smallest absolute Gasteiger partial charge is 0.348 e. The van der Waals surface area contributed by atoms with Crippen LogP contribution in [0.15, 0.2) is 42.5 Å². The second-order valence-corrected chi connectivity index (χ2v) is 6.79. The predicted molar refractivity (Wildman–Crippen MR) is 93.3 cm³/mol. The van der Waals surface area contributed by atoms with Crippen molar-refractivity contribution in [2.75, 3.05) is 33.3 Å². The molecule has 126 valence electrons. The van der Waals surface area contributed by atoms with Gasteiger partial charge in [0.25, 0.3) is 5.91 Å².